The second-order valence-corrected chi connectivity index (χ2v) is 8.10. The summed E-state index contributed by atoms with van der Waals surface area (Å²) < 4.78 is 16.5. The van der Waals surface area contributed by atoms with E-state index in [0.717, 1.165) is 10.8 Å². The fraction of sp³-hybridized carbons (Fsp3) is 0.138. The van der Waals surface area contributed by atoms with Gasteiger partial charge in [-0.1, -0.05) is 42.5 Å². The molecule has 0 aliphatic rings. The number of hydrogen-bond donors (Lipinski definition) is 1. The third kappa shape index (κ3) is 6.19. The molecule has 1 amide bonds. The molecule has 0 heterocycles. The lowest BCUT2D eigenvalue weighted by Crippen LogP contribution is -2.18. The number of nitrogens with one attached hydrogen (secondary N) is 1. The quantitative estimate of drug-likeness (QED) is 0.0944. The lowest BCUT2D eigenvalue weighted by atomic mass is 10.0. The topological polar surface area (TPSA) is 129 Å². The minimum atomic E-state index is -0.845. The van der Waals surface area contributed by atoms with E-state index in [0.29, 0.717) is 30.3 Å². The molecule has 4 rings (SSSR count). The molecule has 0 spiro atoms. The zero-order valence-electron chi connectivity index (χ0n) is 21.2. The number of fused-ring (bicyclic) bond motifs is 1. The summed E-state index contributed by atoms with van der Waals surface area (Å²) in [7, 11) is 0. The van der Waals surface area contributed by atoms with Gasteiger partial charge in [-0.3, -0.25) is 14.9 Å². The molecule has 0 aliphatic heterocycles. The third-order valence-electron chi connectivity index (χ3n) is 5.60. The van der Waals surface area contributed by atoms with Crippen molar-refractivity contribution in [3.05, 3.63) is 106 Å². The number of carbonyl (C=O) groups excluding carboxylic acids is 2. The van der Waals surface area contributed by atoms with Crippen LogP contribution < -0.4 is 19.6 Å². The van der Waals surface area contributed by atoms with Crippen molar-refractivity contribution in [3.63, 3.8) is 0 Å². The van der Waals surface area contributed by atoms with Gasteiger partial charge < -0.3 is 14.2 Å². The van der Waals surface area contributed by atoms with Crippen LogP contribution in [-0.4, -0.2) is 36.2 Å². The maximum atomic E-state index is 13.0. The number of nitro benzene ring substituents is 1. The molecule has 10 heteroatoms. The van der Waals surface area contributed by atoms with Crippen molar-refractivity contribution in [2.75, 3.05) is 13.2 Å². The Morgan fingerprint density at radius 1 is 0.923 bits per heavy atom. The predicted octanol–water partition coefficient (Wildman–Crippen LogP) is 5.53. The smallest absolute Gasteiger partial charge is 0.343 e. The molecule has 0 fully saturated rings. The van der Waals surface area contributed by atoms with Crippen LogP contribution in [0.2, 0.25) is 0 Å². The number of hydrazone groups is 1. The van der Waals surface area contributed by atoms with Crippen LogP contribution >= 0.6 is 0 Å². The predicted molar refractivity (Wildman–Crippen MR) is 146 cm³/mol. The summed E-state index contributed by atoms with van der Waals surface area (Å²) in [5, 5.41) is 17.3. The highest BCUT2D eigenvalue weighted by atomic mass is 16.6. The average molecular weight is 528 g/mol. The molecule has 0 unspecified atom stereocenters. The molecule has 10 nitrogen and oxygen atoms in total. The van der Waals surface area contributed by atoms with E-state index in [2.05, 4.69) is 10.5 Å². The average Bonchev–Trinajstić information content (AvgIpc) is 2.94. The number of hydrogen-bond acceptors (Lipinski definition) is 8. The van der Waals surface area contributed by atoms with E-state index >= 15 is 0 Å². The summed E-state index contributed by atoms with van der Waals surface area (Å²) >= 11 is 0. The van der Waals surface area contributed by atoms with Crippen molar-refractivity contribution in [1.82, 2.24) is 5.43 Å². The molecule has 0 radical (unpaired) electrons. The SMILES string of the molecule is CCOc1ccc(C(=O)Oc2c(/C=N/NC(=O)c3cccc4ccccc34)cccc2[N+](=O)[O-])cc1OCC. The number of amides is 1. The maximum absolute atomic E-state index is 13.0. The summed E-state index contributed by atoms with van der Waals surface area (Å²) in [6, 6.07) is 21.3. The van der Waals surface area contributed by atoms with Crippen LogP contribution in [0.25, 0.3) is 10.8 Å². The van der Waals surface area contributed by atoms with Gasteiger partial charge in [-0.2, -0.15) is 5.10 Å². The molecule has 0 bridgehead atoms. The van der Waals surface area contributed by atoms with Crippen molar-refractivity contribution < 1.29 is 28.7 Å². The van der Waals surface area contributed by atoms with Gasteiger partial charge in [-0.15, -0.1) is 0 Å². The summed E-state index contributed by atoms with van der Waals surface area (Å²) in [5.41, 5.74) is 2.62. The summed E-state index contributed by atoms with van der Waals surface area (Å²) in [5.74, 6) is -0.833. The monoisotopic (exact) mass is 527 g/mol. The van der Waals surface area contributed by atoms with Gasteiger partial charge in [-0.25, -0.2) is 10.2 Å². The van der Waals surface area contributed by atoms with E-state index in [-0.39, 0.29) is 16.9 Å². The molecule has 0 atom stereocenters. The number of nitro groups is 1. The van der Waals surface area contributed by atoms with E-state index in [4.69, 9.17) is 14.2 Å². The summed E-state index contributed by atoms with van der Waals surface area (Å²) in [6.07, 6.45) is 1.18. The maximum Gasteiger partial charge on any atom is 0.343 e. The number of esters is 1. The first-order chi connectivity index (χ1) is 18.9. The normalized spacial score (nSPS) is 10.8. The number of para-hydroxylation sites is 1. The first-order valence-corrected chi connectivity index (χ1v) is 12.1. The van der Waals surface area contributed by atoms with Crippen LogP contribution in [0.4, 0.5) is 5.69 Å². The van der Waals surface area contributed by atoms with Crippen molar-refractivity contribution in [2.45, 2.75) is 13.8 Å². The van der Waals surface area contributed by atoms with Gasteiger partial charge in [0.1, 0.15) is 0 Å². The highest BCUT2D eigenvalue weighted by Gasteiger charge is 2.23. The van der Waals surface area contributed by atoms with Crippen molar-refractivity contribution in [3.8, 4) is 17.2 Å². The van der Waals surface area contributed by atoms with Gasteiger partial charge >= 0.3 is 11.7 Å². The van der Waals surface area contributed by atoms with Crippen molar-refractivity contribution in [1.29, 1.82) is 0 Å². The number of nitrogens with zero attached hydrogens (tertiary/aromatic N) is 2. The van der Waals surface area contributed by atoms with Gasteiger partial charge in [0, 0.05) is 17.2 Å². The Morgan fingerprint density at radius 2 is 1.64 bits per heavy atom. The number of rotatable bonds is 10. The second-order valence-electron chi connectivity index (χ2n) is 8.10. The zero-order valence-corrected chi connectivity index (χ0v) is 21.2. The minimum Gasteiger partial charge on any atom is -0.490 e. The Morgan fingerprint density at radius 3 is 2.41 bits per heavy atom. The van der Waals surface area contributed by atoms with E-state index in [9.17, 15) is 19.7 Å². The molecule has 39 heavy (non-hydrogen) atoms. The first kappa shape index (κ1) is 26.8. The second kappa shape index (κ2) is 12.3. The molecular formula is C29H25N3O7. The van der Waals surface area contributed by atoms with E-state index < -0.39 is 22.5 Å². The van der Waals surface area contributed by atoms with Crippen LogP contribution in [0.5, 0.6) is 17.2 Å². The van der Waals surface area contributed by atoms with E-state index in [1.54, 1.807) is 25.1 Å². The molecule has 4 aromatic rings. The molecule has 0 aliphatic carbocycles. The Labute approximate surface area is 224 Å². The molecule has 198 valence electrons. The lowest BCUT2D eigenvalue weighted by Gasteiger charge is -2.12. The van der Waals surface area contributed by atoms with Crippen LogP contribution in [0.1, 0.15) is 40.1 Å². The fourth-order valence-electron chi connectivity index (χ4n) is 3.87. The molecule has 0 saturated heterocycles. The third-order valence-corrected chi connectivity index (χ3v) is 5.60. The number of ether oxygens (including phenoxy) is 3. The van der Waals surface area contributed by atoms with Crippen molar-refractivity contribution in [2.24, 2.45) is 5.10 Å². The largest absolute Gasteiger partial charge is 0.490 e. The number of benzene rings is 4. The fourth-order valence-corrected chi connectivity index (χ4v) is 3.87. The van der Waals surface area contributed by atoms with Crippen LogP contribution in [-0.2, 0) is 0 Å². The van der Waals surface area contributed by atoms with Gasteiger partial charge in [0.05, 0.1) is 29.9 Å². The highest BCUT2D eigenvalue weighted by molar-refractivity contribution is 6.07. The van der Waals surface area contributed by atoms with E-state index in [1.807, 2.05) is 37.3 Å². The van der Waals surface area contributed by atoms with Gasteiger partial charge in [0.15, 0.2) is 11.5 Å². The van der Waals surface area contributed by atoms with Gasteiger partial charge in [0.2, 0.25) is 5.75 Å². The van der Waals surface area contributed by atoms with E-state index in [1.165, 1.54) is 36.5 Å². The molecule has 4 aromatic carbocycles. The Hall–Kier alpha value is -5.25. The first-order valence-electron chi connectivity index (χ1n) is 12.1. The molecule has 1 N–H and O–H groups in total. The summed E-state index contributed by atoms with van der Waals surface area (Å²) in [4.78, 5) is 36.8. The van der Waals surface area contributed by atoms with Crippen LogP contribution in [0, 0.1) is 10.1 Å². The lowest BCUT2D eigenvalue weighted by molar-refractivity contribution is -0.385. The highest BCUT2D eigenvalue weighted by Crippen LogP contribution is 2.33. The van der Waals surface area contributed by atoms with Crippen LogP contribution in [0.15, 0.2) is 84.0 Å². The Balaban J connectivity index is 1.59. The van der Waals surface area contributed by atoms with Gasteiger partial charge in [0.25, 0.3) is 5.91 Å². The molecule has 0 aromatic heterocycles. The van der Waals surface area contributed by atoms with Crippen LogP contribution in [0.3, 0.4) is 0 Å². The minimum absolute atomic E-state index is 0.104. The summed E-state index contributed by atoms with van der Waals surface area (Å²) in [6.45, 7) is 4.35. The molecular weight excluding hydrogens is 502 g/mol. The Kier molecular flexibility index (Phi) is 8.47. The Bertz CT molecular complexity index is 1560. The van der Waals surface area contributed by atoms with Crippen molar-refractivity contribution >= 4 is 34.6 Å². The number of carbonyl (C=O) groups is 2. The van der Waals surface area contributed by atoms with Gasteiger partial charge in [-0.05, 0) is 55.0 Å². The molecule has 0 saturated carbocycles. The standard InChI is InChI=1S/C29H25N3O7/c1-3-37-25-16-15-20(17-26(25)38-4-2)29(34)39-27-21(11-8-14-24(27)32(35)36)18-30-31-28(33)23-13-7-10-19-9-5-6-12-22(19)23/h5-18H,3-4H2,1-2H3,(H,31,33)/b30-18+. The zero-order chi connectivity index (χ0) is 27.8.